The van der Waals surface area contributed by atoms with Gasteiger partial charge in [-0.05, 0) is 33.6 Å². The number of hydrogen-bond acceptors (Lipinski definition) is 4. The molecule has 3 nitrogen and oxygen atoms in total. The first-order valence-corrected chi connectivity index (χ1v) is 8.52. The van der Waals surface area contributed by atoms with E-state index >= 15 is 0 Å². The molecule has 20 heavy (non-hydrogen) atoms. The summed E-state index contributed by atoms with van der Waals surface area (Å²) in [6, 6.07) is 8.72. The number of ether oxygens (including phenoxy) is 1. The third-order valence-corrected chi connectivity index (χ3v) is 4.05. The summed E-state index contributed by atoms with van der Waals surface area (Å²) >= 11 is 1.99. The van der Waals surface area contributed by atoms with Crippen LogP contribution in [0.2, 0.25) is 0 Å². The van der Waals surface area contributed by atoms with Crippen molar-refractivity contribution >= 4 is 11.8 Å². The first-order chi connectivity index (χ1) is 9.69. The van der Waals surface area contributed by atoms with Crippen molar-refractivity contribution in [2.24, 2.45) is 0 Å². The number of para-hydroxylation sites is 1. The van der Waals surface area contributed by atoms with Gasteiger partial charge in [0.15, 0.2) is 0 Å². The summed E-state index contributed by atoms with van der Waals surface area (Å²) in [6.45, 7) is 6.99. The van der Waals surface area contributed by atoms with Crippen molar-refractivity contribution in [1.29, 1.82) is 0 Å². The lowest BCUT2D eigenvalue weighted by molar-refractivity contribution is 0.333. The topological polar surface area (TPSA) is 24.5 Å². The molecule has 0 fully saturated rings. The van der Waals surface area contributed by atoms with Crippen LogP contribution in [0.25, 0.3) is 0 Å². The van der Waals surface area contributed by atoms with E-state index in [0.29, 0.717) is 12.6 Å². The lowest BCUT2D eigenvalue weighted by Crippen LogP contribution is -2.24. The highest BCUT2D eigenvalue weighted by molar-refractivity contribution is 7.99. The fourth-order valence-electron chi connectivity index (χ4n) is 2.01. The molecule has 0 aliphatic rings. The molecule has 1 aromatic rings. The minimum absolute atomic E-state index is 0.356. The highest BCUT2D eigenvalue weighted by Crippen LogP contribution is 2.27. The van der Waals surface area contributed by atoms with Crippen LogP contribution in [-0.4, -0.2) is 50.2 Å². The van der Waals surface area contributed by atoms with Crippen LogP contribution in [0.5, 0.6) is 5.75 Å². The van der Waals surface area contributed by atoms with Crippen LogP contribution in [0.4, 0.5) is 0 Å². The molecule has 0 radical (unpaired) electrons. The van der Waals surface area contributed by atoms with E-state index in [2.05, 4.69) is 49.4 Å². The molecule has 0 aliphatic heterocycles. The van der Waals surface area contributed by atoms with E-state index in [0.717, 1.165) is 30.3 Å². The molecule has 0 saturated heterocycles. The van der Waals surface area contributed by atoms with Crippen molar-refractivity contribution in [2.45, 2.75) is 19.9 Å². The second-order valence-electron chi connectivity index (χ2n) is 4.96. The van der Waals surface area contributed by atoms with E-state index in [1.165, 1.54) is 5.56 Å². The van der Waals surface area contributed by atoms with Crippen LogP contribution in [0, 0.1) is 0 Å². The van der Waals surface area contributed by atoms with Gasteiger partial charge in [-0.3, -0.25) is 0 Å². The lowest BCUT2D eigenvalue weighted by Gasteiger charge is -2.21. The molecular formula is C16H28N2OS. The smallest absolute Gasteiger partial charge is 0.124 e. The molecule has 114 valence electrons. The molecule has 0 bridgehead atoms. The summed E-state index contributed by atoms with van der Waals surface area (Å²) in [6.07, 6.45) is 0. The van der Waals surface area contributed by atoms with Gasteiger partial charge in [-0.2, -0.15) is 11.8 Å². The van der Waals surface area contributed by atoms with Crippen molar-refractivity contribution < 1.29 is 4.74 Å². The highest BCUT2D eigenvalue weighted by Gasteiger charge is 2.14. The number of nitrogens with one attached hydrogen (secondary N) is 1. The minimum atomic E-state index is 0.356. The first-order valence-electron chi connectivity index (χ1n) is 7.36. The summed E-state index contributed by atoms with van der Waals surface area (Å²) in [5.74, 6) is 3.24. The average Bonchev–Trinajstić information content (AvgIpc) is 2.43. The maximum Gasteiger partial charge on any atom is 0.124 e. The van der Waals surface area contributed by atoms with Gasteiger partial charge >= 0.3 is 0 Å². The third kappa shape index (κ3) is 6.16. The normalized spacial score (nSPS) is 12.7. The van der Waals surface area contributed by atoms with Gasteiger partial charge in [0.05, 0.1) is 6.61 Å². The van der Waals surface area contributed by atoms with Crippen LogP contribution >= 0.6 is 11.8 Å². The van der Waals surface area contributed by atoms with Crippen LogP contribution in [0.1, 0.15) is 25.5 Å². The van der Waals surface area contributed by atoms with Crippen LogP contribution < -0.4 is 10.1 Å². The number of benzene rings is 1. The van der Waals surface area contributed by atoms with Crippen molar-refractivity contribution in [3.05, 3.63) is 29.8 Å². The zero-order valence-corrected chi connectivity index (χ0v) is 14.0. The molecule has 1 aromatic carbocycles. The Hall–Kier alpha value is -0.710. The quantitative estimate of drug-likeness (QED) is 0.671. The van der Waals surface area contributed by atoms with Gasteiger partial charge in [0.1, 0.15) is 5.75 Å². The zero-order chi connectivity index (χ0) is 14.8. The fraction of sp³-hybridized carbons (Fsp3) is 0.625. The van der Waals surface area contributed by atoms with E-state index in [1.807, 2.05) is 24.8 Å². The molecule has 1 rings (SSSR count). The maximum atomic E-state index is 5.75. The summed E-state index contributed by atoms with van der Waals surface area (Å²) in [7, 11) is 4.24. The van der Waals surface area contributed by atoms with Gasteiger partial charge in [0.2, 0.25) is 0 Å². The number of rotatable bonds is 10. The average molecular weight is 296 g/mol. The van der Waals surface area contributed by atoms with Gasteiger partial charge in [-0.15, -0.1) is 0 Å². The van der Waals surface area contributed by atoms with E-state index in [4.69, 9.17) is 4.74 Å². The van der Waals surface area contributed by atoms with Crippen molar-refractivity contribution in [3.8, 4) is 5.75 Å². The first kappa shape index (κ1) is 17.3. The maximum absolute atomic E-state index is 5.75. The summed E-state index contributed by atoms with van der Waals surface area (Å²) in [5, 5.41) is 3.57. The Morgan fingerprint density at radius 1 is 1.25 bits per heavy atom. The minimum Gasteiger partial charge on any atom is -0.494 e. The Balaban J connectivity index is 2.64. The largest absolute Gasteiger partial charge is 0.494 e. The molecule has 1 atom stereocenters. The fourth-order valence-corrected chi connectivity index (χ4v) is 3.20. The molecule has 0 amide bonds. The van der Waals surface area contributed by atoms with Gasteiger partial charge in [0, 0.05) is 29.7 Å². The Morgan fingerprint density at radius 3 is 2.65 bits per heavy atom. The number of nitrogens with zero attached hydrogens (tertiary/aromatic N) is 1. The van der Waals surface area contributed by atoms with E-state index in [9.17, 15) is 0 Å². The van der Waals surface area contributed by atoms with Crippen LogP contribution in [-0.2, 0) is 0 Å². The molecule has 0 spiro atoms. The molecule has 0 aromatic heterocycles. The molecule has 0 aliphatic carbocycles. The molecule has 0 heterocycles. The molecule has 0 saturated carbocycles. The second-order valence-corrected chi connectivity index (χ2v) is 6.11. The van der Waals surface area contributed by atoms with Crippen molar-refractivity contribution in [1.82, 2.24) is 10.2 Å². The SMILES string of the molecule is CCNC(CSCCN(C)C)c1ccccc1OCC. The van der Waals surface area contributed by atoms with Gasteiger partial charge < -0.3 is 15.0 Å². The van der Waals surface area contributed by atoms with E-state index in [1.54, 1.807) is 0 Å². The molecule has 1 unspecified atom stereocenters. The third-order valence-electron chi connectivity index (χ3n) is 3.01. The highest BCUT2D eigenvalue weighted by atomic mass is 32.2. The zero-order valence-electron chi connectivity index (χ0n) is 13.2. The lowest BCUT2D eigenvalue weighted by atomic mass is 10.1. The van der Waals surface area contributed by atoms with Gasteiger partial charge in [0.25, 0.3) is 0 Å². The molecule has 1 N–H and O–H groups in total. The second kappa shape index (κ2) is 10.1. The standard InChI is InChI=1S/C16H28N2OS/c1-5-17-15(13-20-12-11-18(3)4)14-9-7-8-10-16(14)19-6-2/h7-10,15,17H,5-6,11-13H2,1-4H3. The van der Waals surface area contributed by atoms with Crippen molar-refractivity contribution in [3.63, 3.8) is 0 Å². The monoisotopic (exact) mass is 296 g/mol. The number of thioether (sulfide) groups is 1. The Labute approximate surface area is 128 Å². The summed E-state index contributed by atoms with van der Waals surface area (Å²) in [4.78, 5) is 2.23. The summed E-state index contributed by atoms with van der Waals surface area (Å²) < 4.78 is 5.75. The van der Waals surface area contributed by atoms with E-state index in [-0.39, 0.29) is 0 Å². The Kier molecular flexibility index (Phi) is 8.74. The van der Waals surface area contributed by atoms with Gasteiger partial charge in [-0.25, -0.2) is 0 Å². The Bertz CT molecular complexity index is 371. The number of hydrogen-bond donors (Lipinski definition) is 1. The Morgan fingerprint density at radius 2 is 2.00 bits per heavy atom. The van der Waals surface area contributed by atoms with Gasteiger partial charge in [-0.1, -0.05) is 25.1 Å². The van der Waals surface area contributed by atoms with Crippen molar-refractivity contribution in [2.75, 3.05) is 45.3 Å². The molecular weight excluding hydrogens is 268 g/mol. The van der Waals surface area contributed by atoms with E-state index < -0.39 is 0 Å². The van der Waals surface area contributed by atoms with Crippen LogP contribution in [0.3, 0.4) is 0 Å². The predicted octanol–water partition coefficient (Wildman–Crippen LogP) is 3.03. The molecule has 4 heteroatoms. The predicted molar refractivity (Wildman–Crippen MR) is 89.9 cm³/mol. The van der Waals surface area contributed by atoms with Crippen LogP contribution in [0.15, 0.2) is 24.3 Å². The summed E-state index contributed by atoms with van der Waals surface area (Å²) in [5.41, 5.74) is 1.27.